The van der Waals surface area contributed by atoms with Crippen LogP contribution in [0.3, 0.4) is 0 Å². The predicted octanol–water partition coefficient (Wildman–Crippen LogP) is 4.84. The first-order valence-electron chi connectivity index (χ1n) is 10.8. The molecule has 1 aromatic carbocycles. The van der Waals surface area contributed by atoms with E-state index >= 15 is 0 Å². The molecular formula is C24H29N3. The second kappa shape index (κ2) is 5.98. The Morgan fingerprint density at radius 2 is 1.70 bits per heavy atom. The van der Waals surface area contributed by atoms with Crippen molar-refractivity contribution < 1.29 is 0 Å². The van der Waals surface area contributed by atoms with Crippen LogP contribution in [0.5, 0.6) is 0 Å². The summed E-state index contributed by atoms with van der Waals surface area (Å²) >= 11 is 0. The Balaban J connectivity index is 1.29. The van der Waals surface area contributed by atoms with Crippen LogP contribution in [-0.2, 0) is 6.42 Å². The van der Waals surface area contributed by atoms with Crippen LogP contribution < -0.4 is 4.90 Å². The Hall–Kier alpha value is -2.03. The molecule has 0 amide bonds. The van der Waals surface area contributed by atoms with Crippen molar-refractivity contribution in [2.45, 2.75) is 50.5 Å². The molecule has 3 nitrogen and oxygen atoms in total. The van der Waals surface area contributed by atoms with Gasteiger partial charge in [-0.25, -0.2) is 0 Å². The van der Waals surface area contributed by atoms with Gasteiger partial charge in [0.25, 0.3) is 0 Å². The van der Waals surface area contributed by atoms with Crippen LogP contribution in [0, 0.1) is 17.8 Å². The lowest BCUT2D eigenvalue weighted by Gasteiger charge is -2.55. The number of rotatable bonds is 4. The third-order valence-corrected chi connectivity index (χ3v) is 7.59. The molecule has 4 aliphatic carbocycles. The van der Waals surface area contributed by atoms with Gasteiger partial charge in [-0.05, 0) is 74.5 Å². The number of benzene rings is 1. The first-order chi connectivity index (χ1) is 13.3. The van der Waals surface area contributed by atoms with Gasteiger partial charge in [0, 0.05) is 36.1 Å². The lowest BCUT2D eigenvalue weighted by Crippen LogP contribution is -2.50. The predicted molar refractivity (Wildman–Crippen MR) is 111 cm³/mol. The number of aliphatic imine (C=N–C) groups is 1. The lowest BCUT2D eigenvalue weighted by atomic mass is 9.53. The molecule has 4 saturated carbocycles. The molecule has 5 aliphatic rings. The Kier molecular flexibility index (Phi) is 3.54. The largest absolute Gasteiger partial charge is 0.365 e. The SMILES string of the molecule is c1c[nH]c(CCN2CC(=NC34CC5CC(CC(C5)C3)C4)c3ccccc32)c1. The molecule has 4 bridgehead atoms. The van der Waals surface area contributed by atoms with Crippen molar-refractivity contribution in [2.75, 3.05) is 18.0 Å². The number of aromatic nitrogens is 1. The summed E-state index contributed by atoms with van der Waals surface area (Å²) in [6.07, 6.45) is 11.6. The molecule has 4 fully saturated rings. The highest BCUT2D eigenvalue weighted by Gasteiger charge is 2.51. The van der Waals surface area contributed by atoms with E-state index < -0.39 is 0 Å². The van der Waals surface area contributed by atoms with E-state index in [0.29, 0.717) is 0 Å². The molecule has 140 valence electrons. The second-order valence-corrected chi connectivity index (χ2v) is 9.58. The number of anilines is 1. The topological polar surface area (TPSA) is 31.4 Å². The maximum Gasteiger partial charge on any atom is 0.0641 e. The molecule has 1 aliphatic heterocycles. The molecule has 0 atom stereocenters. The minimum atomic E-state index is 0.270. The molecule has 0 saturated heterocycles. The van der Waals surface area contributed by atoms with E-state index in [4.69, 9.17) is 4.99 Å². The zero-order valence-corrected chi connectivity index (χ0v) is 16.0. The van der Waals surface area contributed by atoms with E-state index in [1.807, 2.05) is 6.20 Å². The fraction of sp³-hybridized carbons (Fsp3) is 0.542. The van der Waals surface area contributed by atoms with Gasteiger partial charge in [0.2, 0.25) is 0 Å². The van der Waals surface area contributed by atoms with Crippen LogP contribution in [-0.4, -0.2) is 29.3 Å². The van der Waals surface area contributed by atoms with Crippen LogP contribution in [0.2, 0.25) is 0 Å². The number of H-pyrrole nitrogens is 1. The molecular weight excluding hydrogens is 330 g/mol. The van der Waals surface area contributed by atoms with E-state index in [2.05, 4.69) is 46.3 Å². The highest BCUT2D eigenvalue weighted by atomic mass is 15.2. The molecule has 0 radical (unpaired) electrons. The summed E-state index contributed by atoms with van der Waals surface area (Å²) in [5.74, 6) is 2.88. The summed E-state index contributed by atoms with van der Waals surface area (Å²) in [4.78, 5) is 11.5. The van der Waals surface area contributed by atoms with Crippen LogP contribution >= 0.6 is 0 Å². The van der Waals surface area contributed by atoms with Crippen molar-refractivity contribution in [3.8, 4) is 0 Å². The van der Waals surface area contributed by atoms with Crippen LogP contribution in [0.15, 0.2) is 47.6 Å². The van der Waals surface area contributed by atoms with Gasteiger partial charge in [0.15, 0.2) is 0 Å². The van der Waals surface area contributed by atoms with Crippen molar-refractivity contribution in [1.29, 1.82) is 0 Å². The van der Waals surface area contributed by atoms with E-state index in [0.717, 1.165) is 37.3 Å². The van der Waals surface area contributed by atoms with Gasteiger partial charge in [-0.1, -0.05) is 18.2 Å². The molecule has 0 unspecified atom stereocenters. The number of hydrogen-bond donors (Lipinski definition) is 1. The molecule has 1 aromatic heterocycles. The van der Waals surface area contributed by atoms with Crippen LogP contribution in [0.4, 0.5) is 5.69 Å². The first-order valence-corrected chi connectivity index (χ1v) is 10.8. The maximum atomic E-state index is 5.57. The summed E-state index contributed by atoms with van der Waals surface area (Å²) in [5, 5.41) is 0. The van der Waals surface area contributed by atoms with E-state index in [-0.39, 0.29) is 5.54 Å². The van der Waals surface area contributed by atoms with Crippen molar-refractivity contribution in [1.82, 2.24) is 4.98 Å². The second-order valence-electron chi connectivity index (χ2n) is 9.58. The van der Waals surface area contributed by atoms with Gasteiger partial charge in [-0.15, -0.1) is 0 Å². The third kappa shape index (κ3) is 2.74. The highest BCUT2D eigenvalue weighted by molar-refractivity contribution is 6.12. The molecule has 3 heteroatoms. The Labute approximate surface area is 161 Å². The van der Waals surface area contributed by atoms with Gasteiger partial charge < -0.3 is 9.88 Å². The zero-order chi connectivity index (χ0) is 17.8. The first kappa shape index (κ1) is 16.0. The normalized spacial score (nSPS) is 35.2. The maximum absolute atomic E-state index is 5.57. The molecule has 7 rings (SSSR count). The third-order valence-electron chi connectivity index (χ3n) is 7.59. The fourth-order valence-corrected chi connectivity index (χ4v) is 6.91. The molecule has 2 aromatic rings. The number of nitrogens with zero attached hydrogens (tertiary/aromatic N) is 2. The summed E-state index contributed by atoms with van der Waals surface area (Å²) in [6, 6.07) is 13.2. The Bertz CT molecular complexity index is 828. The monoisotopic (exact) mass is 359 g/mol. The van der Waals surface area contributed by atoms with Crippen molar-refractivity contribution in [3.05, 3.63) is 53.9 Å². The fourth-order valence-electron chi connectivity index (χ4n) is 6.91. The standard InChI is InChI=1S/C24H29N3/c1-2-6-23-21(5-1)22(16-27(23)9-7-20-4-3-8-25-20)26-24-13-17-10-18(14-24)12-19(11-17)15-24/h1-6,8,17-19,25H,7,9-16H2. The number of hydrogen-bond acceptors (Lipinski definition) is 2. The molecule has 27 heavy (non-hydrogen) atoms. The minimum absolute atomic E-state index is 0.270. The average Bonchev–Trinajstić information content (AvgIpc) is 3.27. The van der Waals surface area contributed by atoms with Gasteiger partial charge in [0.1, 0.15) is 0 Å². The summed E-state index contributed by atoms with van der Waals surface area (Å²) in [7, 11) is 0. The summed E-state index contributed by atoms with van der Waals surface area (Å²) in [6.45, 7) is 2.04. The van der Waals surface area contributed by atoms with Crippen molar-refractivity contribution in [2.24, 2.45) is 22.7 Å². The van der Waals surface area contributed by atoms with Gasteiger partial charge in [-0.2, -0.15) is 0 Å². The Morgan fingerprint density at radius 3 is 2.41 bits per heavy atom. The zero-order valence-electron chi connectivity index (χ0n) is 16.0. The molecule has 0 spiro atoms. The van der Waals surface area contributed by atoms with Crippen LogP contribution in [0.25, 0.3) is 0 Å². The van der Waals surface area contributed by atoms with Gasteiger partial charge in [0.05, 0.1) is 17.8 Å². The number of para-hydroxylation sites is 1. The highest BCUT2D eigenvalue weighted by Crippen LogP contribution is 2.57. The smallest absolute Gasteiger partial charge is 0.0641 e. The van der Waals surface area contributed by atoms with Crippen molar-refractivity contribution in [3.63, 3.8) is 0 Å². The number of nitrogens with one attached hydrogen (secondary N) is 1. The van der Waals surface area contributed by atoms with Crippen LogP contribution in [0.1, 0.15) is 49.8 Å². The van der Waals surface area contributed by atoms with E-state index in [9.17, 15) is 0 Å². The minimum Gasteiger partial charge on any atom is -0.365 e. The van der Waals surface area contributed by atoms with Gasteiger partial charge in [-0.3, -0.25) is 4.99 Å². The lowest BCUT2D eigenvalue weighted by molar-refractivity contribution is 0.00169. The molecule has 1 N–H and O–H groups in total. The summed E-state index contributed by atoms with van der Waals surface area (Å²) < 4.78 is 0. The van der Waals surface area contributed by atoms with E-state index in [1.54, 1.807) is 0 Å². The quantitative estimate of drug-likeness (QED) is 0.832. The molecule has 2 heterocycles. The van der Waals surface area contributed by atoms with E-state index in [1.165, 1.54) is 61.2 Å². The van der Waals surface area contributed by atoms with Gasteiger partial charge >= 0.3 is 0 Å². The number of aromatic amines is 1. The average molecular weight is 360 g/mol. The number of fused-ring (bicyclic) bond motifs is 1. The Morgan fingerprint density at radius 1 is 0.963 bits per heavy atom. The summed E-state index contributed by atoms with van der Waals surface area (Å²) in [5.41, 5.74) is 5.72. The van der Waals surface area contributed by atoms with Crippen molar-refractivity contribution >= 4 is 11.4 Å².